The molecule has 0 radical (unpaired) electrons. The van der Waals surface area contributed by atoms with Crippen LogP contribution in [0.2, 0.25) is 0 Å². The smallest absolute Gasteiger partial charge is 0.257 e. The number of morpholine rings is 1. The van der Waals surface area contributed by atoms with Gasteiger partial charge in [-0.1, -0.05) is 35.2 Å². The Labute approximate surface area is 172 Å². The van der Waals surface area contributed by atoms with E-state index in [9.17, 15) is 13.2 Å². The molecule has 1 aliphatic heterocycles. The van der Waals surface area contributed by atoms with Gasteiger partial charge in [0.1, 0.15) is 0 Å². The maximum Gasteiger partial charge on any atom is 0.257 e. The van der Waals surface area contributed by atoms with Gasteiger partial charge in [0.2, 0.25) is 15.2 Å². The molecular weight excluding hydrogens is 420 g/mol. The molecule has 2 heterocycles. The van der Waals surface area contributed by atoms with Gasteiger partial charge in [-0.15, -0.1) is 16.8 Å². The molecular formula is C17H20N4O4S3. The Morgan fingerprint density at radius 1 is 1.39 bits per heavy atom. The largest absolute Gasteiger partial charge is 0.379 e. The highest BCUT2D eigenvalue weighted by Gasteiger charge is 2.27. The minimum absolute atomic E-state index is 0.0876. The molecule has 0 atom stereocenters. The van der Waals surface area contributed by atoms with Crippen LogP contribution in [-0.4, -0.2) is 60.9 Å². The summed E-state index contributed by atoms with van der Waals surface area (Å²) in [6.07, 6.45) is 1.76. The third-order valence-electron chi connectivity index (χ3n) is 4.01. The fourth-order valence-corrected chi connectivity index (χ4v) is 5.50. The molecule has 1 amide bonds. The van der Waals surface area contributed by atoms with Crippen molar-refractivity contribution in [1.82, 2.24) is 14.5 Å². The lowest BCUT2D eigenvalue weighted by atomic mass is 10.1. The number of nitrogens with one attached hydrogen (secondary N) is 1. The lowest BCUT2D eigenvalue weighted by Crippen LogP contribution is -2.40. The topological polar surface area (TPSA) is 101 Å². The summed E-state index contributed by atoms with van der Waals surface area (Å²) in [5, 5.41) is 11.0. The molecule has 11 heteroatoms. The number of carbonyl (C=O) groups is 1. The van der Waals surface area contributed by atoms with Gasteiger partial charge in [0.15, 0.2) is 4.34 Å². The fourth-order valence-electron chi connectivity index (χ4n) is 2.56. The molecule has 0 unspecified atom stereocenters. The van der Waals surface area contributed by atoms with E-state index in [0.717, 1.165) is 4.34 Å². The van der Waals surface area contributed by atoms with E-state index in [4.69, 9.17) is 4.74 Å². The molecule has 1 N–H and O–H groups in total. The zero-order chi connectivity index (χ0) is 20.1. The van der Waals surface area contributed by atoms with E-state index in [-0.39, 0.29) is 10.5 Å². The molecule has 8 nitrogen and oxygen atoms in total. The van der Waals surface area contributed by atoms with Gasteiger partial charge < -0.3 is 4.74 Å². The second-order valence-electron chi connectivity index (χ2n) is 5.92. The Kier molecular flexibility index (Phi) is 6.83. The van der Waals surface area contributed by atoms with E-state index in [0.29, 0.717) is 42.8 Å². The van der Waals surface area contributed by atoms with Crippen molar-refractivity contribution in [3.8, 4) is 0 Å². The van der Waals surface area contributed by atoms with E-state index in [1.165, 1.54) is 39.5 Å². The van der Waals surface area contributed by atoms with Gasteiger partial charge in [0.05, 0.1) is 18.1 Å². The van der Waals surface area contributed by atoms with Crippen LogP contribution in [0.25, 0.3) is 0 Å². The highest BCUT2D eigenvalue weighted by molar-refractivity contribution is 8.01. The lowest BCUT2D eigenvalue weighted by molar-refractivity contribution is 0.0730. The number of anilines is 1. The number of aromatic nitrogens is 2. The Morgan fingerprint density at radius 3 is 2.86 bits per heavy atom. The summed E-state index contributed by atoms with van der Waals surface area (Å²) in [5.41, 5.74) is 0.953. The maximum atomic E-state index is 12.8. The van der Waals surface area contributed by atoms with E-state index in [2.05, 4.69) is 22.1 Å². The Hall–Kier alpha value is -1.79. The zero-order valence-corrected chi connectivity index (χ0v) is 17.7. The first-order valence-corrected chi connectivity index (χ1v) is 11.7. The highest BCUT2D eigenvalue weighted by atomic mass is 32.2. The van der Waals surface area contributed by atoms with Crippen molar-refractivity contribution in [3.63, 3.8) is 0 Å². The molecule has 1 aromatic carbocycles. The zero-order valence-electron chi connectivity index (χ0n) is 15.3. The van der Waals surface area contributed by atoms with Crippen LogP contribution < -0.4 is 5.32 Å². The van der Waals surface area contributed by atoms with Gasteiger partial charge in [-0.05, 0) is 24.6 Å². The van der Waals surface area contributed by atoms with Crippen LogP contribution in [-0.2, 0) is 14.8 Å². The average molecular weight is 441 g/mol. The Balaban J connectivity index is 1.79. The minimum atomic E-state index is -3.68. The molecule has 0 bridgehead atoms. The summed E-state index contributed by atoms with van der Waals surface area (Å²) in [5.74, 6) is 0.274. The van der Waals surface area contributed by atoms with Crippen LogP contribution in [0.3, 0.4) is 0 Å². The number of hydrogen-bond acceptors (Lipinski definition) is 8. The standard InChI is InChI=1S/C17H20N4O4S3/c1-3-10-26-17-20-19-16(27-17)18-15(22)14-11-13(5-4-12(14)2)28(23,24)21-6-8-25-9-7-21/h3-5,11H,1,6-10H2,2H3,(H,18,19,22). The van der Waals surface area contributed by atoms with Crippen molar-refractivity contribution in [1.29, 1.82) is 0 Å². The number of benzene rings is 1. The van der Waals surface area contributed by atoms with E-state index in [1.807, 2.05) is 0 Å². The Bertz CT molecular complexity index is 969. The second-order valence-corrected chi connectivity index (χ2v) is 10.1. The SMILES string of the molecule is C=CCSc1nnc(NC(=O)c2cc(S(=O)(=O)N3CCOCC3)ccc2C)s1. The van der Waals surface area contributed by atoms with Crippen LogP contribution in [0.15, 0.2) is 40.1 Å². The highest BCUT2D eigenvalue weighted by Crippen LogP contribution is 2.26. The summed E-state index contributed by atoms with van der Waals surface area (Å²) in [6, 6.07) is 4.56. The van der Waals surface area contributed by atoms with E-state index in [1.54, 1.807) is 19.1 Å². The first kappa shape index (κ1) is 20.9. The van der Waals surface area contributed by atoms with Gasteiger partial charge in [0.25, 0.3) is 5.91 Å². The van der Waals surface area contributed by atoms with Gasteiger partial charge in [-0.25, -0.2) is 8.42 Å². The molecule has 1 aliphatic rings. The number of carbonyl (C=O) groups excluding carboxylic acids is 1. The number of amides is 1. The molecule has 150 valence electrons. The van der Waals surface area contributed by atoms with E-state index < -0.39 is 15.9 Å². The molecule has 0 spiro atoms. The predicted molar refractivity (Wildman–Crippen MR) is 110 cm³/mol. The first-order chi connectivity index (χ1) is 13.4. The summed E-state index contributed by atoms with van der Waals surface area (Å²) in [6.45, 7) is 6.73. The molecule has 1 aromatic heterocycles. The molecule has 0 aliphatic carbocycles. The number of hydrogen-bond donors (Lipinski definition) is 1. The van der Waals surface area contributed by atoms with Gasteiger partial charge in [-0.3, -0.25) is 10.1 Å². The maximum absolute atomic E-state index is 12.8. The van der Waals surface area contributed by atoms with E-state index >= 15 is 0 Å². The molecule has 1 fully saturated rings. The summed E-state index contributed by atoms with van der Waals surface area (Å²) < 4.78 is 33.0. The molecule has 0 saturated carbocycles. The monoisotopic (exact) mass is 440 g/mol. The van der Waals surface area contributed by atoms with Crippen molar-refractivity contribution in [2.75, 3.05) is 37.4 Å². The molecule has 28 heavy (non-hydrogen) atoms. The van der Waals surface area contributed by atoms with Gasteiger partial charge in [0, 0.05) is 24.4 Å². The quantitative estimate of drug-likeness (QED) is 0.401. The number of nitrogens with zero attached hydrogens (tertiary/aromatic N) is 3. The Morgan fingerprint density at radius 2 is 2.14 bits per heavy atom. The van der Waals surface area contributed by atoms with Gasteiger partial charge >= 0.3 is 0 Å². The number of aryl methyl sites for hydroxylation is 1. The normalized spacial score (nSPS) is 15.3. The minimum Gasteiger partial charge on any atom is -0.379 e. The van der Waals surface area contributed by atoms with Crippen molar-refractivity contribution in [3.05, 3.63) is 42.0 Å². The average Bonchev–Trinajstić information content (AvgIpc) is 3.14. The third-order valence-corrected chi connectivity index (χ3v) is 7.88. The van der Waals surface area contributed by atoms with Crippen LogP contribution in [0.1, 0.15) is 15.9 Å². The molecule has 1 saturated heterocycles. The number of thioether (sulfide) groups is 1. The summed E-state index contributed by atoms with van der Waals surface area (Å²) >= 11 is 2.72. The lowest BCUT2D eigenvalue weighted by Gasteiger charge is -2.26. The summed E-state index contributed by atoms with van der Waals surface area (Å²) in [7, 11) is -3.68. The fraction of sp³-hybridized carbons (Fsp3) is 0.353. The van der Waals surface area contributed by atoms with Crippen molar-refractivity contribution in [2.45, 2.75) is 16.2 Å². The van der Waals surface area contributed by atoms with Crippen molar-refractivity contribution >= 4 is 44.2 Å². The van der Waals surface area contributed by atoms with Crippen molar-refractivity contribution in [2.24, 2.45) is 0 Å². The predicted octanol–water partition coefficient (Wildman–Crippen LogP) is 2.40. The number of ether oxygens (including phenoxy) is 1. The third kappa shape index (κ3) is 4.78. The summed E-state index contributed by atoms with van der Waals surface area (Å²) in [4.78, 5) is 12.8. The second kappa shape index (κ2) is 9.14. The molecule has 2 aromatic rings. The van der Waals surface area contributed by atoms with Crippen molar-refractivity contribution < 1.29 is 17.9 Å². The van der Waals surface area contributed by atoms with Gasteiger partial charge in [-0.2, -0.15) is 4.31 Å². The van der Waals surface area contributed by atoms with Crippen LogP contribution in [0, 0.1) is 6.92 Å². The van der Waals surface area contributed by atoms with Crippen LogP contribution in [0.5, 0.6) is 0 Å². The first-order valence-electron chi connectivity index (χ1n) is 8.49. The number of sulfonamides is 1. The van der Waals surface area contributed by atoms with Crippen LogP contribution in [0.4, 0.5) is 5.13 Å². The number of rotatable bonds is 7. The molecule has 3 rings (SSSR count). The van der Waals surface area contributed by atoms with Crippen LogP contribution >= 0.6 is 23.1 Å².